The fraction of sp³-hybridized carbons (Fsp3) is 0.909. The number of rotatable bonds is 4. The van der Waals surface area contributed by atoms with Gasteiger partial charge in [-0.25, -0.2) is 0 Å². The number of hydrogen-bond acceptors (Lipinski definition) is 3. The number of carbonyl (C=O) groups is 1. The topological polar surface area (TPSA) is 35.6 Å². The van der Waals surface area contributed by atoms with Crippen molar-refractivity contribution in [3.8, 4) is 0 Å². The van der Waals surface area contributed by atoms with Crippen LogP contribution in [0, 0.1) is 0 Å². The van der Waals surface area contributed by atoms with Gasteiger partial charge in [-0.2, -0.15) is 0 Å². The first-order valence-corrected chi connectivity index (χ1v) is 5.85. The minimum absolute atomic E-state index is 0.284. The highest BCUT2D eigenvalue weighted by molar-refractivity contribution is 5.76. The lowest BCUT2D eigenvalue weighted by molar-refractivity contribution is -0.133. The maximum absolute atomic E-state index is 11.8. The average Bonchev–Trinajstić information content (AvgIpc) is 2.25. The molecule has 0 spiro atoms. The Bertz CT molecular complexity index is 208. The lowest BCUT2D eigenvalue weighted by Crippen LogP contribution is -2.53. The fourth-order valence-corrected chi connectivity index (χ4v) is 2.08. The highest BCUT2D eigenvalue weighted by atomic mass is 16.2. The Morgan fingerprint density at radius 2 is 2.20 bits per heavy atom. The van der Waals surface area contributed by atoms with Crippen LogP contribution < -0.4 is 5.32 Å². The van der Waals surface area contributed by atoms with E-state index < -0.39 is 0 Å². The number of carbonyl (C=O) groups excluding carboxylic acids is 1. The molecular weight excluding hydrogens is 190 g/mol. The molecule has 1 atom stereocenters. The highest BCUT2D eigenvalue weighted by Gasteiger charge is 2.24. The van der Waals surface area contributed by atoms with Crippen LogP contribution in [-0.4, -0.2) is 61.5 Å². The zero-order valence-corrected chi connectivity index (χ0v) is 10.1. The first kappa shape index (κ1) is 12.5. The minimum Gasteiger partial charge on any atom is -0.340 e. The van der Waals surface area contributed by atoms with Crippen LogP contribution >= 0.6 is 0 Å². The third kappa shape index (κ3) is 3.47. The quantitative estimate of drug-likeness (QED) is 0.722. The summed E-state index contributed by atoms with van der Waals surface area (Å²) in [5, 5.41) is 3.01. The predicted molar refractivity (Wildman–Crippen MR) is 61.8 cm³/mol. The number of piperazine rings is 1. The van der Waals surface area contributed by atoms with Crippen molar-refractivity contribution in [3.63, 3.8) is 0 Å². The molecule has 0 aromatic heterocycles. The summed E-state index contributed by atoms with van der Waals surface area (Å²) in [6, 6.07) is 0.502. The molecule has 0 aromatic carbocycles. The molecule has 1 rings (SSSR count). The first-order chi connectivity index (χ1) is 7.19. The Labute approximate surface area is 92.6 Å². The van der Waals surface area contributed by atoms with E-state index in [1.165, 1.54) is 0 Å². The fourth-order valence-electron chi connectivity index (χ4n) is 2.08. The summed E-state index contributed by atoms with van der Waals surface area (Å²) < 4.78 is 0. The van der Waals surface area contributed by atoms with Crippen LogP contribution in [0.3, 0.4) is 0 Å². The van der Waals surface area contributed by atoms with Gasteiger partial charge in [0.15, 0.2) is 0 Å². The Morgan fingerprint density at radius 1 is 1.47 bits per heavy atom. The van der Waals surface area contributed by atoms with Crippen LogP contribution in [0.5, 0.6) is 0 Å². The molecule has 1 heterocycles. The van der Waals surface area contributed by atoms with E-state index in [1.54, 1.807) is 0 Å². The molecule has 4 heteroatoms. The van der Waals surface area contributed by atoms with Crippen molar-refractivity contribution in [2.75, 3.05) is 39.8 Å². The van der Waals surface area contributed by atoms with Crippen LogP contribution in [0.2, 0.25) is 0 Å². The number of amides is 1. The Balaban J connectivity index is 2.36. The van der Waals surface area contributed by atoms with Gasteiger partial charge in [0.2, 0.25) is 5.91 Å². The van der Waals surface area contributed by atoms with Gasteiger partial charge < -0.3 is 10.2 Å². The van der Waals surface area contributed by atoms with E-state index in [0.29, 0.717) is 12.5 Å². The van der Waals surface area contributed by atoms with Gasteiger partial charge in [-0.1, -0.05) is 6.92 Å². The summed E-state index contributed by atoms with van der Waals surface area (Å²) in [4.78, 5) is 16.2. The van der Waals surface area contributed by atoms with E-state index in [4.69, 9.17) is 0 Å². The predicted octanol–water partition coefficient (Wildman–Crippen LogP) is 0.149. The van der Waals surface area contributed by atoms with Crippen LogP contribution in [0.1, 0.15) is 20.3 Å². The molecule has 0 saturated carbocycles. The van der Waals surface area contributed by atoms with E-state index in [2.05, 4.69) is 24.1 Å². The summed E-state index contributed by atoms with van der Waals surface area (Å²) >= 11 is 0. The van der Waals surface area contributed by atoms with E-state index in [-0.39, 0.29) is 5.91 Å². The summed E-state index contributed by atoms with van der Waals surface area (Å²) in [7, 11) is 1.88. The second-order valence-corrected chi connectivity index (χ2v) is 4.17. The van der Waals surface area contributed by atoms with Gasteiger partial charge in [0, 0.05) is 38.6 Å². The van der Waals surface area contributed by atoms with Gasteiger partial charge in [0.1, 0.15) is 0 Å². The molecule has 0 bridgehead atoms. The molecule has 1 aliphatic rings. The normalized spacial score (nSPS) is 23.1. The smallest absolute Gasteiger partial charge is 0.223 e. The van der Waals surface area contributed by atoms with Crippen molar-refractivity contribution in [2.45, 2.75) is 26.3 Å². The molecule has 1 amide bonds. The third-order valence-electron chi connectivity index (χ3n) is 3.11. The summed E-state index contributed by atoms with van der Waals surface area (Å²) in [6.45, 7) is 9.02. The Hall–Kier alpha value is -0.610. The van der Waals surface area contributed by atoms with E-state index >= 15 is 0 Å². The van der Waals surface area contributed by atoms with Gasteiger partial charge in [-0.05, 0) is 20.5 Å². The second-order valence-electron chi connectivity index (χ2n) is 4.17. The van der Waals surface area contributed by atoms with Gasteiger partial charge in [0.25, 0.3) is 0 Å². The maximum atomic E-state index is 11.8. The lowest BCUT2D eigenvalue weighted by atomic mass is 10.2. The maximum Gasteiger partial charge on any atom is 0.223 e. The Kier molecular flexibility index (Phi) is 5.05. The molecule has 1 aliphatic heterocycles. The monoisotopic (exact) mass is 213 g/mol. The van der Waals surface area contributed by atoms with E-state index in [0.717, 1.165) is 32.7 Å². The van der Waals surface area contributed by atoms with Gasteiger partial charge in [0.05, 0.1) is 0 Å². The second kappa shape index (κ2) is 6.08. The van der Waals surface area contributed by atoms with Crippen molar-refractivity contribution in [3.05, 3.63) is 0 Å². The third-order valence-corrected chi connectivity index (χ3v) is 3.11. The number of hydrogen-bond donors (Lipinski definition) is 1. The highest BCUT2D eigenvalue weighted by Crippen LogP contribution is 2.09. The molecule has 1 fully saturated rings. The lowest BCUT2D eigenvalue weighted by Gasteiger charge is -2.39. The molecule has 0 aromatic rings. The Morgan fingerprint density at radius 3 is 2.73 bits per heavy atom. The van der Waals surface area contributed by atoms with Crippen LogP contribution in [0.4, 0.5) is 0 Å². The molecule has 0 aliphatic carbocycles. The van der Waals surface area contributed by atoms with Gasteiger partial charge >= 0.3 is 0 Å². The van der Waals surface area contributed by atoms with Crippen molar-refractivity contribution in [2.24, 2.45) is 0 Å². The zero-order valence-electron chi connectivity index (χ0n) is 10.1. The molecule has 1 saturated heterocycles. The van der Waals surface area contributed by atoms with Crippen LogP contribution in [0.15, 0.2) is 0 Å². The van der Waals surface area contributed by atoms with Gasteiger partial charge in [-0.3, -0.25) is 9.69 Å². The number of likely N-dealkylation sites (N-methyl/N-ethyl adjacent to an activating group) is 1. The minimum atomic E-state index is 0.284. The summed E-state index contributed by atoms with van der Waals surface area (Å²) in [5.74, 6) is 0.284. The first-order valence-electron chi connectivity index (χ1n) is 5.85. The summed E-state index contributed by atoms with van der Waals surface area (Å²) in [5.41, 5.74) is 0. The van der Waals surface area contributed by atoms with Crippen molar-refractivity contribution >= 4 is 5.91 Å². The standard InChI is InChI=1S/C11H23N3O/c1-4-13-7-8-14(9-10(13)2)11(15)5-6-12-3/h10,12H,4-9H2,1-3H3. The molecule has 4 nitrogen and oxygen atoms in total. The SMILES string of the molecule is CCN1CCN(C(=O)CCNC)CC1C. The molecule has 0 radical (unpaired) electrons. The van der Waals surface area contributed by atoms with Gasteiger partial charge in [-0.15, -0.1) is 0 Å². The molecule has 88 valence electrons. The van der Waals surface area contributed by atoms with Crippen molar-refractivity contribution in [1.29, 1.82) is 0 Å². The van der Waals surface area contributed by atoms with Crippen LogP contribution in [-0.2, 0) is 4.79 Å². The van der Waals surface area contributed by atoms with E-state index in [9.17, 15) is 4.79 Å². The number of nitrogens with one attached hydrogen (secondary N) is 1. The van der Waals surface area contributed by atoms with E-state index in [1.807, 2.05) is 11.9 Å². The molecule has 15 heavy (non-hydrogen) atoms. The largest absolute Gasteiger partial charge is 0.340 e. The molecular formula is C11H23N3O. The molecule has 1 N–H and O–H groups in total. The summed E-state index contributed by atoms with van der Waals surface area (Å²) in [6.07, 6.45) is 0.620. The van der Waals surface area contributed by atoms with Crippen molar-refractivity contribution < 1.29 is 4.79 Å². The number of nitrogens with zero attached hydrogens (tertiary/aromatic N) is 2. The zero-order chi connectivity index (χ0) is 11.3. The van der Waals surface area contributed by atoms with Crippen molar-refractivity contribution in [1.82, 2.24) is 15.1 Å². The molecule has 1 unspecified atom stereocenters. The van der Waals surface area contributed by atoms with Crippen LogP contribution in [0.25, 0.3) is 0 Å². The average molecular weight is 213 g/mol.